The molecule has 1 aliphatic heterocycles. The summed E-state index contributed by atoms with van der Waals surface area (Å²) >= 11 is 0. The Hall–Kier alpha value is -1.84. The topological polar surface area (TPSA) is 56.2 Å². The van der Waals surface area contributed by atoms with Crippen molar-refractivity contribution in [3.63, 3.8) is 0 Å². The van der Waals surface area contributed by atoms with Crippen LogP contribution in [0.25, 0.3) is 0 Å². The lowest BCUT2D eigenvalue weighted by molar-refractivity contribution is 0.0359. The summed E-state index contributed by atoms with van der Waals surface area (Å²) in [4.78, 5) is 14.3. The minimum Gasteiger partial charge on any atom is -0.307 e. The zero-order chi connectivity index (χ0) is 15.1. The van der Waals surface area contributed by atoms with Crippen molar-refractivity contribution in [3.8, 4) is 0 Å². The van der Waals surface area contributed by atoms with Gasteiger partial charge in [0.25, 0.3) is 0 Å². The molecule has 2 N–H and O–H groups in total. The number of carbonyl (C=O) groups is 1. The monoisotopic (exact) mass is 285 g/mol. The molecule has 2 fully saturated rings. The molecule has 1 atom stereocenters. The number of nitrogens with zero attached hydrogens (tertiary/aromatic N) is 1. The summed E-state index contributed by atoms with van der Waals surface area (Å²) in [6.07, 6.45) is 4.18. The predicted molar refractivity (Wildman–Crippen MR) is 83.2 cm³/mol. The van der Waals surface area contributed by atoms with Gasteiger partial charge in [-0.2, -0.15) is 0 Å². The van der Waals surface area contributed by atoms with Crippen LogP contribution in [0.5, 0.6) is 0 Å². The van der Waals surface area contributed by atoms with E-state index in [-0.39, 0.29) is 11.4 Å². The summed E-state index contributed by atoms with van der Waals surface area (Å²) in [5.41, 5.74) is 0.567. The first-order valence-electron chi connectivity index (χ1n) is 7.69. The Morgan fingerprint density at radius 3 is 2.52 bits per heavy atom. The molecule has 4 heteroatoms. The van der Waals surface area contributed by atoms with Gasteiger partial charge in [-0.3, -0.25) is 10.7 Å². The van der Waals surface area contributed by atoms with E-state index in [1.165, 1.54) is 6.42 Å². The summed E-state index contributed by atoms with van der Waals surface area (Å²) in [6, 6.07) is 9.92. The van der Waals surface area contributed by atoms with Gasteiger partial charge in [0.05, 0.1) is 0 Å². The molecule has 2 aliphatic rings. The predicted octanol–water partition coefficient (Wildman–Crippen LogP) is 3.53. The number of nitrogens with one attached hydrogen (secondary N) is 2. The lowest BCUT2D eigenvalue weighted by Crippen LogP contribution is -2.60. The number of benzene rings is 1. The van der Waals surface area contributed by atoms with Gasteiger partial charge in [-0.1, -0.05) is 57.0 Å². The first-order chi connectivity index (χ1) is 9.97. The third kappa shape index (κ3) is 2.04. The number of hydrogen-bond donors (Lipinski definition) is 2. The molecule has 1 saturated carbocycles. The minimum atomic E-state index is -0.474. The molecule has 2 amide bonds. The van der Waals surface area contributed by atoms with Crippen molar-refractivity contribution in [1.29, 1.82) is 5.41 Å². The molecule has 1 unspecified atom stereocenters. The van der Waals surface area contributed by atoms with E-state index < -0.39 is 5.54 Å². The number of rotatable bonds is 2. The van der Waals surface area contributed by atoms with E-state index in [2.05, 4.69) is 19.2 Å². The Labute approximate surface area is 126 Å². The van der Waals surface area contributed by atoms with Gasteiger partial charge in [0.1, 0.15) is 11.4 Å². The van der Waals surface area contributed by atoms with Crippen molar-refractivity contribution in [2.24, 2.45) is 5.41 Å². The van der Waals surface area contributed by atoms with Crippen molar-refractivity contribution >= 4 is 11.9 Å². The van der Waals surface area contributed by atoms with E-state index in [0.717, 1.165) is 24.8 Å². The zero-order valence-electron chi connectivity index (χ0n) is 12.8. The number of amides is 2. The number of carbonyl (C=O) groups excluding carboxylic acids is 1. The van der Waals surface area contributed by atoms with Crippen LogP contribution in [0.4, 0.5) is 4.79 Å². The summed E-state index contributed by atoms with van der Waals surface area (Å²) in [6.45, 7) is 4.95. The average Bonchev–Trinajstić information content (AvgIpc) is 2.68. The molecular weight excluding hydrogens is 262 g/mol. The van der Waals surface area contributed by atoms with E-state index in [0.29, 0.717) is 12.4 Å². The molecule has 1 saturated heterocycles. The highest BCUT2D eigenvalue weighted by atomic mass is 16.2. The van der Waals surface area contributed by atoms with Gasteiger partial charge in [-0.05, 0) is 23.8 Å². The molecule has 0 aromatic heterocycles. The smallest absolute Gasteiger partial charge is 0.307 e. The molecule has 1 heterocycles. The van der Waals surface area contributed by atoms with Crippen molar-refractivity contribution < 1.29 is 4.79 Å². The van der Waals surface area contributed by atoms with Crippen molar-refractivity contribution in [3.05, 3.63) is 35.9 Å². The maximum atomic E-state index is 12.4. The molecule has 1 spiro atoms. The van der Waals surface area contributed by atoms with E-state index in [1.807, 2.05) is 35.2 Å². The third-order valence-electron chi connectivity index (χ3n) is 5.24. The van der Waals surface area contributed by atoms with Crippen LogP contribution in [-0.4, -0.2) is 22.3 Å². The third-order valence-corrected chi connectivity index (χ3v) is 5.24. The molecule has 1 aliphatic carbocycles. The Bertz CT molecular complexity index is 567. The van der Waals surface area contributed by atoms with Gasteiger partial charge in [0, 0.05) is 6.54 Å². The molecule has 112 valence electrons. The number of urea groups is 1. The maximum absolute atomic E-state index is 12.4. The SMILES string of the molecule is CC1(C)CCCCC12C(=N)NC(=O)N2Cc1ccccc1. The first-order valence-corrected chi connectivity index (χ1v) is 7.69. The molecular formula is C17H23N3O. The highest BCUT2D eigenvalue weighted by molar-refractivity contribution is 6.09. The van der Waals surface area contributed by atoms with Crippen LogP contribution < -0.4 is 5.32 Å². The lowest BCUT2D eigenvalue weighted by Gasteiger charge is -2.51. The van der Waals surface area contributed by atoms with Crippen LogP contribution >= 0.6 is 0 Å². The second kappa shape index (κ2) is 4.86. The van der Waals surface area contributed by atoms with E-state index in [4.69, 9.17) is 5.41 Å². The van der Waals surface area contributed by atoms with Crippen LogP contribution in [0.15, 0.2) is 30.3 Å². The van der Waals surface area contributed by atoms with E-state index >= 15 is 0 Å². The van der Waals surface area contributed by atoms with Crippen molar-refractivity contribution in [2.45, 2.75) is 51.6 Å². The highest BCUT2D eigenvalue weighted by Gasteiger charge is 2.59. The second-order valence-electron chi connectivity index (χ2n) is 6.83. The number of hydrogen-bond acceptors (Lipinski definition) is 2. The van der Waals surface area contributed by atoms with E-state index in [9.17, 15) is 4.79 Å². The quantitative estimate of drug-likeness (QED) is 0.858. The van der Waals surface area contributed by atoms with Crippen LogP contribution in [-0.2, 0) is 6.54 Å². The summed E-state index contributed by atoms with van der Waals surface area (Å²) in [5, 5.41) is 11.2. The fraction of sp³-hybridized carbons (Fsp3) is 0.529. The van der Waals surface area contributed by atoms with Gasteiger partial charge in [0.2, 0.25) is 0 Å². The molecule has 0 radical (unpaired) electrons. The summed E-state index contributed by atoms with van der Waals surface area (Å²) < 4.78 is 0. The van der Waals surface area contributed by atoms with E-state index in [1.54, 1.807) is 0 Å². The van der Waals surface area contributed by atoms with Gasteiger partial charge in [-0.25, -0.2) is 4.79 Å². The Balaban J connectivity index is 2.00. The van der Waals surface area contributed by atoms with Crippen LogP contribution in [0.3, 0.4) is 0 Å². The Kier molecular flexibility index (Phi) is 3.27. The van der Waals surface area contributed by atoms with Crippen molar-refractivity contribution in [1.82, 2.24) is 10.2 Å². The Morgan fingerprint density at radius 2 is 1.86 bits per heavy atom. The molecule has 0 bridgehead atoms. The second-order valence-corrected chi connectivity index (χ2v) is 6.83. The summed E-state index contributed by atoms with van der Waals surface area (Å²) in [5.74, 6) is 0.383. The molecule has 1 aromatic carbocycles. The van der Waals surface area contributed by atoms with Gasteiger partial charge in [-0.15, -0.1) is 0 Å². The van der Waals surface area contributed by atoms with Crippen LogP contribution in [0.2, 0.25) is 0 Å². The molecule has 3 rings (SSSR count). The van der Waals surface area contributed by atoms with Gasteiger partial charge in [0.15, 0.2) is 0 Å². The van der Waals surface area contributed by atoms with Crippen LogP contribution in [0, 0.1) is 10.8 Å². The minimum absolute atomic E-state index is 0.0731. The normalized spacial score (nSPS) is 28.0. The fourth-order valence-corrected chi connectivity index (χ4v) is 4.02. The van der Waals surface area contributed by atoms with Gasteiger partial charge >= 0.3 is 6.03 Å². The lowest BCUT2D eigenvalue weighted by atomic mass is 9.62. The van der Waals surface area contributed by atoms with Crippen LogP contribution in [0.1, 0.15) is 45.1 Å². The maximum Gasteiger partial charge on any atom is 0.323 e. The molecule has 4 nitrogen and oxygen atoms in total. The fourth-order valence-electron chi connectivity index (χ4n) is 4.02. The highest BCUT2D eigenvalue weighted by Crippen LogP contribution is 2.50. The molecule has 21 heavy (non-hydrogen) atoms. The largest absolute Gasteiger partial charge is 0.323 e. The number of amidine groups is 1. The standard InChI is InChI=1S/C17H23N3O/c1-16(2)10-6-7-11-17(16)14(18)19-15(21)20(17)12-13-8-4-3-5-9-13/h3-5,8-9H,6-7,10-12H2,1-2H3,(H2,18,19,21). The molecule has 1 aromatic rings. The first kappa shape index (κ1) is 14.1. The summed E-state index contributed by atoms with van der Waals surface area (Å²) in [7, 11) is 0. The van der Waals surface area contributed by atoms with Gasteiger partial charge < -0.3 is 4.90 Å². The average molecular weight is 285 g/mol. The Morgan fingerprint density at radius 1 is 1.19 bits per heavy atom. The zero-order valence-corrected chi connectivity index (χ0v) is 12.8. The van der Waals surface area contributed by atoms with Crippen molar-refractivity contribution in [2.75, 3.05) is 0 Å².